The van der Waals surface area contributed by atoms with Gasteiger partial charge in [0.1, 0.15) is 11.5 Å². The Balaban J connectivity index is 1.53. The van der Waals surface area contributed by atoms with Crippen LogP contribution in [0, 0.1) is 0 Å². The Morgan fingerprint density at radius 2 is 1.04 bits per heavy atom. The molecule has 3 nitrogen and oxygen atoms in total. The molecule has 0 atom stereocenters. The summed E-state index contributed by atoms with van der Waals surface area (Å²) >= 11 is 3.59. The molecular formula is C18H22O3S2. The molecule has 0 N–H and O–H groups in total. The minimum atomic E-state index is 0.764. The third-order valence-corrected chi connectivity index (χ3v) is 5.06. The van der Waals surface area contributed by atoms with Crippen LogP contribution in [0.25, 0.3) is 0 Å². The standard InChI is InChI=1S/C18H22O3S2/c1-19-15-3-7-17(8-4-15)22-13-11-21-12-14-23-18-9-5-16(20-2)6-10-18/h3-10H,11-14H2,1-2H3. The quantitative estimate of drug-likeness (QED) is 0.461. The highest BCUT2D eigenvalue weighted by atomic mass is 32.2. The van der Waals surface area contributed by atoms with Gasteiger partial charge in [-0.05, 0) is 48.5 Å². The van der Waals surface area contributed by atoms with Gasteiger partial charge in [-0.15, -0.1) is 23.5 Å². The zero-order valence-corrected chi connectivity index (χ0v) is 15.1. The van der Waals surface area contributed by atoms with Gasteiger partial charge in [-0.3, -0.25) is 0 Å². The fraction of sp³-hybridized carbons (Fsp3) is 0.333. The van der Waals surface area contributed by atoms with Crippen molar-refractivity contribution in [1.29, 1.82) is 0 Å². The van der Waals surface area contributed by atoms with Gasteiger partial charge in [0.2, 0.25) is 0 Å². The van der Waals surface area contributed by atoms with Gasteiger partial charge in [0.15, 0.2) is 0 Å². The Hall–Kier alpha value is -1.30. The minimum absolute atomic E-state index is 0.764. The van der Waals surface area contributed by atoms with Gasteiger partial charge in [0.05, 0.1) is 27.4 Å². The van der Waals surface area contributed by atoms with E-state index >= 15 is 0 Å². The maximum absolute atomic E-state index is 5.68. The molecule has 0 aliphatic heterocycles. The summed E-state index contributed by atoms with van der Waals surface area (Å²) in [4.78, 5) is 2.48. The monoisotopic (exact) mass is 350 g/mol. The molecule has 0 spiro atoms. The van der Waals surface area contributed by atoms with Crippen molar-refractivity contribution >= 4 is 23.5 Å². The predicted octanol–water partition coefficient (Wildman–Crippen LogP) is 4.60. The lowest BCUT2D eigenvalue weighted by Crippen LogP contribution is -2.01. The van der Waals surface area contributed by atoms with E-state index in [1.54, 1.807) is 37.7 Å². The van der Waals surface area contributed by atoms with Crippen LogP contribution < -0.4 is 9.47 Å². The maximum atomic E-state index is 5.68. The molecule has 2 rings (SSSR count). The van der Waals surface area contributed by atoms with E-state index in [2.05, 4.69) is 24.3 Å². The molecule has 0 unspecified atom stereocenters. The molecule has 0 heterocycles. The number of benzene rings is 2. The van der Waals surface area contributed by atoms with E-state index in [9.17, 15) is 0 Å². The summed E-state index contributed by atoms with van der Waals surface area (Å²) < 4.78 is 16.0. The van der Waals surface area contributed by atoms with Gasteiger partial charge in [-0.1, -0.05) is 0 Å². The molecule has 0 bridgehead atoms. The average molecular weight is 351 g/mol. The van der Waals surface area contributed by atoms with Crippen molar-refractivity contribution in [3.63, 3.8) is 0 Å². The van der Waals surface area contributed by atoms with E-state index in [1.807, 2.05) is 24.3 Å². The van der Waals surface area contributed by atoms with Crippen molar-refractivity contribution in [2.45, 2.75) is 9.79 Å². The van der Waals surface area contributed by atoms with Crippen molar-refractivity contribution in [3.05, 3.63) is 48.5 Å². The number of ether oxygens (including phenoxy) is 3. The molecule has 0 radical (unpaired) electrons. The lowest BCUT2D eigenvalue weighted by Gasteiger charge is -2.06. The topological polar surface area (TPSA) is 27.7 Å². The number of hydrogen-bond acceptors (Lipinski definition) is 5. The second-order valence-electron chi connectivity index (χ2n) is 4.66. The first-order valence-corrected chi connectivity index (χ1v) is 9.40. The van der Waals surface area contributed by atoms with Crippen molar-refractivity contribution < 1.29 is 14.2 Å². The van der Waals surface area contributed by atoms with Crippen LogP contribution in [0.4, 0.5) is 0 Å². The van der Waals surface area contributed by atoms with Crippen molar-refractivity contribution in [2.75, 3.05) is 38.9 Å². The first-order chi connectivity index (χ1) is 11.3. The van der Waals surface area contributed by atoms with Crippen LogP contribution in [-0.4, -0.2) is 38.9 Å². The number of hydrogen-bond donors (Lipinski definition) is 0. The summed E-state index contributed by atoms with van der Waals surface area (Å²) in [5, 5.41) is 0. The third-order valence-electron chi connectivity index (χ3n) is 3.11. The van der Waals surface area contributed by atoms with Crippen LogP contribution >= 0.6 is 23.5 Å². The molecule has 0 amide bonds. The van der Waals surface area contributed by atoms with Gasteiger partial charge in [0, 0.05) is 21.3 Å². The van der Waals surface area contributed by atoms with Gasteiger partial charge < -0.3 is 14.2 Å². The van der Waals surface area contributed by atoms with Gasteiger partial charge in [-0.25, -0.2) is 0 Å². The Labute approximate surface area is 146 Å². The lowest BCUT2D eigenvalue weighted by atomic mass is 10.3. The van der Waals surface area contributed by atoms with Crippen LogP contribution in [-0.2, 0) is 4.74 Å². The lowest BCUT2D eigenvalue weighted by molar-refractivity contribution is 0.167. The highest BCUT2D eigenvalue weighted by Gasteiger charge is 1.98. The largest absolute Gasteiger partial charge is 0.497 e. The van der Waals surface area contributed by atoms with E-state index < -0.39 is 0 Å². The first-order valence-electron chi connectivity index (χ1n) is 7.43. The van der Waals surface area contributed by atoms with E-state index in [4.69, 9.17) is 14.2 Å². The molecule has 5 heteroatoms. The molecule has 0 saturated carbocycles. The Kier molecular flexibility index (Phi) is 8.21. The number of methoxy groups -OCH3 is 2. The zero-order chi connectivity index (χ0) is 16.3. The van der Waals surface area contributed by atoms with E-state index in [-0.39, 0.29) is 0 Å². The second-order valence-corrected chi connectivity index (χ2v) is 7.00. The fourth-order valence-corrected chi connectivity index (χ4v) is 3.41. The van der Waals surface area contributed by atoms with Crippen LogP contribution in [0.15, 0.2) is 58.3 Å². The number of thioether (sulfide) groups is 2. The van der Waals surface area contributed by atoms with Crippen molar-refractivity contribution in [2.24, 2.45) is 0 Å². The Morgan fingerprint density at radius 3 is 1.39 bits per heavy atom. The van der Waals surface area contributed by atoms with Gasteiger partial charge in [0.25, 0.3) is 0 Å². The normalized spacial score (nSPS) is 10.5. The smallest absolute Gasteiger partial charge is 0.118 e. The molecule has 2 aromatic carbocycles. The summed E-state index contributed by atoms with van der Waals surface area (Å²) in [6.07, 6.45) is 0. The molecule has 124 valence electrons. The summed E-state index contributed by atoms with van der Waals surface area (Å²) in [6, 6.07) is 16.2. The predicted molar refractivity (Wildman–Crippen MR) is 98.3 cm³/mol. The summed E-state index contributed by atoms with van der Waals surface area (Å²) in [5.74, 6) is 3.70. The van der Waals surface area contributed by atoms with Crippen LogP contribution in [0.2, 0.25) is 0 Å². The van der Waals surface area contributed by atoms with Crippen molar-refractivity contribution in [1.82, 2.24) is 0 Å². The van der Waals surface area contributed by atoms with Crippen LogP contribution in [0.1, 0.15) is 0 Å². The van der Waals surface area contributed by atoms with Crippen LogP contribution in [0.3, 0.4) is 0 Å². The highest BCUT2D eigenvalue weighted by Crippen LogP contribution is 2.22. The van der Waals surface area contributed by atoms with E-state index in [1.165, 1.54) is 9.79 Å². The fourth-order valence-electron chi connectivity index (χ4n) is 1.88. The molecule has 23 heavy (non-hydrogen) atoms. The second kappa shape index (κ2) is 10.5. The molecular weight excluding hydrogens is 328 g/mol. The Morgan fingerprint density at radius 1 is 0.652 bits per heavy atom. The maximum Gasteiger partial charge on any atom is 0.118 e. The molecule has 0 aromatic heterocycles. The SMILES string of the molecule is COc1ccc(SCCOCCSc2ccc(OC)cc2)cc1. The minimum Gasteiger partial charge on any atom is -0.497 e. The molecule has 0 aliphatic rings. The van der Waals surface area contributed by atoms with E-state index in [0.29, 0.717) is 0 Å². The summed E-state index contributed by atoms with van der Waals surface area (Å²) in [5.41, 5.74) is 0. The molecule has 0 saturated heterocycles. The molecule has 2 aromatic rings. The Bertz CT molecular complexity index is 504. The molecule has 0 fully saturated rings. The van der Waals surface area contributed by atoms with Gasteiger partial charge in [-0.2, -0.15) is 0 Å². The van der Waals surface area contributed by atoms with Gasteiger partial charge >= 0.3 is 0 Å². The van der Waals surface area contributed by atoms with Crippen molar-refractivity contribution in [3.8, 4) is 11.5 Å². The zero-order valence-electron chi connectivity index (χ0n) is 13.5. The first kappa shape index (κ1) is 18.0. The average Bonchev–Trinajstić information content (AvgIpc) is 2.62. The van der Waals surface area contributed by atoms with E-state index in [0.717, 1.165) is 36.2 Å². The highest BCUT2D eigenvalue weighted by molar-refractivity contribution is 7.99. The third kappa shape index (κ3) is 6.77. The summed E-state index contributed by atoms with van der Waals surface area (Å²) in [7, 11) is 3.36. The van der Waals surface area contributed by atoms with Crippen LogP contribution in [0.5, 0.6) is 11.5 Å². The number of rotatable bonds is 10. The molecule has 0 aliphatic carbocycles. The summed E-state index contributed by atoms with van der Waals surface area (Å²) in [6.45, 7) is 1.53.